The zero-order chi connectivity index (χ0) is 36.6. The van der Waals surface area contributed by atoms with Gasteiger partial charge in [-0.2, -0.15) is 0 Å². The van der Waals surface area contributed by atoms with Gasteiger partial charge in [0.1, 0.15) is 0 Å². The van der Waals surface area contributed by atoms with Crippen LogP contribution in [0.1, 0.15) is 57.8 Å². The van der Waals surface area contributed by atoms with Crippen LogP contribution in [0.15, 0.2) is 115 Å². The number of urea groups is 1. The van der Waals surface area contributed by atoms with Gasteiger partial charge in [0.25, 0.3) is 0 Å². The summed E-state index contributed by atoms with van der Waals surface area (Å²) in [5.74, 6) is 1.51. The van der Waals surface area contributed by atoms with Gasteiger partial charge in [0.15, 0.2) is 17.8 Å². The Labute approximate surface area is 311 Å². The van der Waals surface area contributed by atoms with Gasteiger partial charge in [-0.05, 0) is 75.2 Å². The number of hydrogen-bond donors (Lipinski definition) is 3. The van der Waals surface area contributed by atoms with Gasteiger partial charge in [-0.3, -0.25) is 4.90 Å². The van der Waals surface area contributed by atoms with Gasteiger partial charge in [0.2, 0.25) is 0 Å². The Morgan fingerprint density at radius 3 is 2.15 bits per heavy atom. The summed E-state index contributed by atoms with van der Waals surface area (Å²) in [4.78, 5) is 15.0. The van der Waals surface area contributed by atoms with Crippen LogP contribution in [0.4, 0.5) is 4.79 Å². The molecule has 7 rings (SSSR count). The molecule has 2 amide bonds. The van der Waals surface area contributed by atoms with E-state index < -0.39 is 6.29 Å². The first-order valence-corrected chi connectivity index (χ1v) is 18.2. The molecular formula is C44H47N3O6. The minimum Gasteiger partial charge on any atom is -0.493 e. The summed E-state index contributed by atoms with van der Waals surface area (Å²) in [6, 6.07) is 38.4. The van der Waals surface area contributed by atoms with Gasteiger partial charge in [0, 0.05) is 44.7 Å². The molecule has 2 heterocycles. The van der Waals surface area contributed by atoms with Crippen LogP contribution in [0.2, 0.25) is 0 Å². The topological polar surface area (TPSA) is 102 Å². The third-order valence-electron chi connectivity index (χ3n) is 10.0. The van der Waals surface area contributed by atoms with Crippen molar-refractivity contribution in [2.24, 2.45) is 0 Å². The molecule has 2 aliphatic heterocycles. The predicted octanol–water partition coefficient (Wildman–Crippen LogP) is 7.47. The van der Waals surface area contributed by atoms with Gasteiger partial charge < -0.3 is 34.7 Å². The Morgan fingerprint density at radius 1 is 0.736 bits per heavy atom. The molecule has 0 radical (unpaired) electrons. The van der Waals surface area contributed by atoms with E-state index in [1.54, 1.807) is 14.2 Å². The van der Waals surface area contributed by atoms with Crippen molar-refractivity contribution in [2.75, 3.05) is 27.3 Å². The molecule has 1 fully saturated rings. The summed E-state index contributed by atoms with van der Waals surface area (Å²) in [6.07, 6.45) is 0.792. The number of rotatable bonds is 12. The quantitative estimate of drug-likeness (QED) is 0.123. The van der Waals surface area contributed by atoms with Crippen molar-refractivity contribution in [3.63, 3.8) is 0 Å². The van der Waals surface area contributed by atoms with Crippen LogP contribution in [0.3, 0.4) is 0 Å². The van der Waals surface area contributed by atoms with Crippen molar-refractivity contribution >= 4 is 6.03 Å². The maximum Gasteiger partial charge on any atom is 0.315 e. The van der Waals surface area contributed by atoms with Crippen LogP contribution >= 0.6 is 0 Å². The van der Waals surface area contributed by atoms with E-state index in [0.29, 0.717) is 19.5 Å². The van der Waals surface area contributed by atoms with Gasteiger partial charge in [-0.1, -0.05) is 91.0 Å². The number of ether oxygens (including phenoxy) is 4. The molecular weight excluding hydrogens is 666 g/mol. The average Bonchev–Trinajstić information content (AvgIpc) is 3.22. The van der Waals surface area contributed by atoms with Gasteiger partial charge >= 0.3 is 6.03 Å². The van der Waals surface area contributed by atoms with Crippen molar-refractivity contribution in [2.45, 2.75) is 57.6 Å². The molecule has 0 saturated carbocycles. The first-order chi connectivity index (χ1) is 26.0. The lowest BCUT2D eigenvalue weighted by molar-refractivity contribution is -0.253. The fourth-order valence-corrected chi connectivity index (χ4v) is 7.17. The van der Waals surface area contributed by atoms with Crippen molar-refractivity contribution in [3.8, 4) is 22.6 Å². The monoisotopic (exact) mass is 713 g/mol. The molecule has 9 nitrogen and oxygen atoms in total. The van der Waals surface area contributed by atoms with E-state index in [9.17, 15) is 9.90 Å². The lowest BCUT2D eigenvalue weighted by atomic mass is 9.96. The molecule has 0 aliphatic carbocycles. The number of amides is 2. The van der Waals surface area contributed by atoms with E-state index in [-0.39, 0.29) is 24.8 Å². The molecule has 1 saturated heterocycles. The Morgan fingerprint density at radius 2 is 1.42 bits per heavy atom. The highest BCUT2D eigenvalue weighted by Gasteiger charge is 2.34. The number of carbonyl (C=O) groups excluding carboxylic acids is 1. The molecule has 53 heavy (non-hydrogen) atoms. The average molecular weight is 714 g/mol. The SMILES string of the molecule is COc1cc2c(cc1OC)CN(C[C@H]1C[C@@H](c3ccc(CO)cc3)O[C@@H](c3cccc(-c4cccc(CNC(=O)NCc5ccccc5)c4)c3)O1)CC2. The number of aliphatic hydroxyl groups is 1. The van der Waals surface area contributed by atoms with Gasteiger partial charge in [-0.15, -0.1) is 0 Å². The fraction of sp³-hybridized carbons (Fsp3) is 0.295. The molecule has 0 aromatic heterocycles. The van der Waals surface area contributed by atoms with Crippen LogP contribution in [-0.4, -0.2) is 49.5 Å². The van der Waals surface area contributed by atoms with E-state index >= 15 is 0 Å². The fourth-order valence-electron chi connectivity index (χ4n) is 7.17. The number of hydrogen-bond acceptors (Lipinski definition) is 7. The van der Waals surface area contributed by atoms with E-state index in [1.165, 1.54) is 11.1 Å². The predicted molar refractivity (Wildman–Crippen MR) is 204 cm³/mol. The number of methoxy groups -OCH3 is 2. The number of nitrogens with zero attached hydrogens (tertiary/aromatic N) is 1. The number of nitrogens with one attached hydrogen (secondary N) is 2. The Kier molecular flexibility index (Phi) is 11.7. The largest absolute Gasteiger partial charge is 0.493 e. The standard InChI is InChI=1S/C44H47N3O6/c1-50-41-22-36-18-19-47(27-38(36)23-42(41)51-2)28-39-24-40(33-16-14-31(29-48)15-17-33)53-43(52-39)37-13-7-12-35(21-37)34-11-6-10-32(20-34)26-46-44(49)45-25-30-8-4-3-5-9-30/h3-17,20-23,39-40,43,48H,18-19,24-29H2,1-2H3,(H2,45,46,49)/t39-,40+,43+/m1/s1. The number of benzene rings is 5. The second-order valence-electron chi connectivity index (χ2n) is 13.7. The normalized spacial score (nSPS) is 18.5. The second kappa shape index (κ2) is 17.1. The summed E-state index contributed by atoms with van der Waals surface area (Å²) >= 11 is 0. The van der Waals surface area contributed by atoms with Gasteiger partial charge in [0.05, 0.1) is 33.0 Å². The first kappa shape index (κ1) is 36.2. The molecule has 5 aromatic carbocycles. The van der Waals surface area contributed by atoms with Crippen LogP contribution in [0, 0.1) is 0 Å². The molecule has 3 atom stereocenters. The summed E-state index contributed by atoms with van der Waals surface area (Å²) in [5, 5.41) is 15.5. The maximum atomic E-state index is 12.5. The third kappa shape index (κ3) is 9.07. The molecule has 274 valence electrons. The molecule has 2 aliphatic rings. The van der Waals surface area contributed by atoms with Crippen LogP contribution in [0.5, 0.6) is 11.5 Å². The summed E-state index contributed by atoms with van der Waals surface area (Å²) < 4.78 is 24.6. The van der Waals surface area contributed by atoms with Crippen LogP contribution in [0.25, 0.3) is 11.1 Å². The minimum absolute atomic E-state index is 0.00122. The highest BCUT2D eigenvalue weighted by atomic mass is 16.7. The van der Waals surface area contributed by atoms with E-state index in [1.807, 2.05) is 72.8 Å². The Bertz CT molecular complexity index is 1990. The molecule has 0 unspecified atom stereocenters. The lowest BCUT2D eigenvalue weighted by Crippen LogP contribution is -2.41. The van der Waals surface area contributed by atoms with Gasteiger partial charge in [-0.25, -0.2) is 4.79 Å². The molecule has 9 heteroatoms. The maximum absolute atomic E-state index is 12.5. The minimum atomic E-state index is -0.573. The van der Waals surface area contributed by atoms with Crippen LogP contribution in [-0.2, 0) is 42.1 Å². The Balaban J connectivity index is 1.06. The zero-order valence-electron chi connectivity index (χ0n) is 30.3. The van der Waals surface area contributed by atoms with Crippen molar-refractivity contribution in [3.05, 3.63) is 154 Å². The van der Waals surface area contributed by atoms with Crippen molar-refractivity contribution < 1.29 is 28.8 Å². The summed E-state index contributed by atoms with van der Waals surface area (Å²) in [7, 11) is 3.35. The molecule has 3 N–H and O–H groups in total. The third-order valence-corrected chi connectivity index (χ3v) is 10.0. The van der Waals surface area contributed by atoms with E-state index in [4.69, 9.17) is 18.9 Å². The highest BCUT2D eigenvalue weighted by Crippen LogP contribution is 2.40. The second-order valence-corrected chi connectivity index (χ2v) is 13.7. The highest BCUT2D eigenvalue weighted by molar-refractivity contribution is 5.74. The number of carbonyl (C=O) groups is 1. The number of aliphatic hydroxyl groups excluding tert-OH is 1. The first-order valence-electron chi connectivity index (χ1n) is 18.2. The van der Waals surface area contributed by atoms with E-state index in [0.717, 1.165) is 76.5 Å². The molecule has 0 bridgehead atoms. The summed E-state index contributed by atoms with van der Waals surface area (Å²) in [5.41, 5.74) is 9.52. The molecule has 5 aromatic rings. The summed E-state index contributed by atoms with van der Waals surface area (Å²) in [6.45, 7) is 3.34. The van der Waals surface area contributed by atoms with Crippen molar-refractivity contribution in [1.82, 2.24) is 15.5 Å². The molecule has 0 spiro atoms. The smallest absolute Gasteiger partial charge is 0.315 e. The van der Waals surface area contributed by atoms with E-state index in [2.05, 4.69) is 58.0 Å². The zero-order valence-corrected chi connectivity index (χ0v) is 30.3. The number of fused-ring (bicyclic) bond motifs is 1. The lowest BCUT2D eigenvalue weighted by Gasteiger charge is -2.39. The Hall–Kier alpha value is -5.19. The van der Waals surface area contributed by atoms with Crippen molar-refractivity contribution in [1.29, 1.82) is 0 Å². The van der Waals surface area contributed by atoms with Crippen LogP contribution < -0.4 is 20.1 Å².